The predicted molar refractivity (Wildman–Crippen MR) is 67.5 cm³/mol. The Morgan fingerprint density at radius 2 is 1.50 bits per heavy atom. The molecule has 0 nitrogen and oxygen atoms in total. The summed E-state index contributed by atoms with van der Waals surface area (Å²) in [4.78, 5) is 0. The van der Waals surface area contributed by atoms with Crippen molar-refractivity contribution >= 4 is 35.3 Å². The van der Waals surface area contributed by atoms with E-state index in [1.54, 1.807) is 0 Å². The van der Waals surface area contributed by atoms with Gasteiger partial charge in [0.1, 0.15) is 0 Å². The van der Waals surface area contributed by atoms with Gasteiger partial charge in [-0.3, -0.25) is 0 Å². The number of thioether (sulfide) groups is 3. The summed E-state index contributed by atoms with van der Waals surface area (Å²) in [6.45, 7) is 7.46. The average Bonchev–Trinajstić information content (AvgIpc) is 2.10. The first-order valence-electron chi connectivity index (χ1n) is 4.05. The highest BCUT2D eigenvalue weighted by Crippen LogP contribution is 2.09. The normalized spacial score (nSPS) is 10.1. The first kappa shape index (κ1) is 12.8. The molecule has 3 heteroatoms. The van der Waals surface area contributed by atoms with Crippen molar-refractivity contribution in [3.05, 3.63) is 19.6 Å². The van der Waals surface area contributed by atoms with Gasteiger partial charge in [-0.15, -0.1) is 6.58 Å². The molecule has 0 unspecified atom stereocenters. The van der Waals surface area contributed by atoms with Gasteiger partial charge in [-0.25, -0.2) is 0 Å². The smallest absolute Gasteiger partial charge is 0.0111 e. The number of hydrogen-bond donors (Lipinski definition) is 0. The van der Waals surface area contributed by atoms with Crippen LogP contribution >= 0.6 is 35.3 Å². The predicted octanol–water partition coefficient (Wildman–Crippen LogP) is 3.21. The van der Waals surface area contributed by atoms with Gasteiger partial charge in [0.15, 0.2) is 0 Å². The van der Waals surface area contributed by atoms with Gasteiger partial charge in [-0.05, 0) is 12.7 Å². The second-order valence-electron chi connectivity index (χ2n) is 2.09. The van der Waals surface area contributed by atoms with E-state index in [1.165, 1.54) is 23.0 Å². The Balaban J connectivity index is 2.77. The van der Waals surface area contributed by atoms with Crippen LogP contribution in [0.1, 0.15) is 0 Å². The van der Waals surface area contributed by atoms with E-state index >= 15 is 0 Å². The molecule has 0 heterocycles. The lowest BCUT2D eigenvalue weighted by atomic mass is 10.8. The molecule has 0 aromatic rings. The summed E-state index contributed by atoms with van der Waals surface area (Å²) in [6.07, 6.45) is 1.97. The van der Waals surface area contributed by atoms with Crippen LogP contribution in [0.15, 0.2) is 12.7 Å². The van der Waals surface area contributed by atoms with E-state index < -0.39 is 0 Å². The third kappa shape index (κ3) is 10.8. The van der Waals surface area contributed by atoms with Crippen LogP contribution in [0.2, 0.25) is 0 Å². The van der Waals surface area contributed by atoms with Crippen molar-refractivity contribution in [1.82, 2.24) is 0 Å². The summed E-state index contributed by atoms with van der Waals surface area (Å²) in [5, 5.41) is 0. The Kier molecular flexibility index (Phi) is 12.6. The zero-order chi connectivity index (χ0) is 9.07. The van der Waals surface area contributed by atoms with E-state index in [2.05, 4.69) is 13.5 Å². The maximum Gasteiger partial charge on any atom is 0.0111 e. The van der Waals surface area contributed by atoms with Crippen molar-refractivity contribution in [2.24, 2.45) is 0 Å². The van der Waals surface area contributed by atoms with E-state index in [0.29, 0.717) is 0 Å². The van der Waals surface area contributed by atoms with Gasteiger partial charge in [0.25, 0.3) is 0 Å². The van der Waals surface area contributed by atoms with Crippen molar-refractivity contribution in [3.8, 4) is 0 Å². The highest BCUT2D eigenvalue weighted by atomic mass is 32.2. The Labute approximate surface area is 89.3 Å². The van der Waals surface area contributed by atoms with Crippen molar-refractivity contribution in [1.29, 1.82) is 0 Å². The Hall–Kier alpha value is 0.790. The van der Waals surface area contributed by atoms with Gasteiger partial charge < -0.3 is 0 Å². The molecule has 0 amide bonds. The molecule has 1 radical (unpaired) electrons. The summed E-state index contributed by atoms with van der Waals surface area (Å²) in [5.74, 6) is 7.15. The zero-order valence-corrected chi connectivity index (χ0v) is 9.91. The molecule has 0 N–H and O–H groups in total. The molecule has 0 fully saturated rings. The Morgan fingerprint density at radius 3 is 2.08 bits per heavy atom. The fourth-order valence-corrected chi connectivity index (χ4v) is 3.23. The van der Waals surface area contributed by atoms with Gasteiger partial charge in [0.05, 0.1) is 0 Å². The lowest BCUT2D eigenvalue weighted by Crippen LogP contribution is -1.90. The third-order valence-corrected chi connectivity index (χ3v) is 4.37. The average molecular weight is 221 g/mol. The lowest BCUT2D eigenvalue weighted by Gasteiger charge is -1.99. The molecule has 0 aromatic carbocycles. The molecular formula is C9H17S3. The molecule has 0 aliphatic rings. The van der Waals surface area contributed by atoms with E-state index in [-0.39, 0.29) is 0 Å². The second kappa shape index (κ2) is 11.8. The molecule has 0 aliphatic carbocycles. The van der Waals surface area contributed by atoms with Crippen LogP contribution < -0.4 is 0 Å². The molecule has 0 atom stereocenters. The molecule has 0 rings (SSSR count). The summed E-state index contributed by atoms with van der Waals surface area (Å²) in [7, 11) is 0. The Bertz CT molecular complexity index is 93.8. The topological polar surface area (TPSA) is 0 Å². The van der Waals surface area contributed by atoms with Gasteiger partial charge >= 0.3 is 0 Å². The van der Waals surface area contributed by atoms with E-state index in [1.807, 2.05) is 41.4 Å². The van der Waals surface area contributed by atoms with Crippen LogP contribution in [0.5, 0.6) is 0 Å². The quantitative estimate of drug-likeness (QED) is 0.433. The lowest BCUT2D eigenvalue weighted by molar-refractivity contribution is 1.48. The molecule has 0 aromatic heterocycles. The van der Waals surface area contributed by atoms with Crippen LogP contribution in [-0.4, -0.2) is 34.5 Å². The van der Waals surface area contributed by atoms with Crippen molar-refractivity contribution in [2.75, 3.05) is 34.5 Å². The zero-order valence-electron chi connectivity index (χ0n) is 7.46. The summed E-state index contributed by atoms with van der Waals surface area (Å²) in [6, 6.07) is 0. The van der Waals surface area contributed by atoms with Crippen molar-refractivity contribution in [3.63, 3.8) is 0 Å². The fraction of sp³-hybridized carbons (Fsp3) is 0.667. The fourth-order valence-electron chi connectivity index (χ4n) is 0.606. The minimum Gasteiger partial charge on any atom is -0.161 e. The first-order chi connectivity index (χ1) is 5.91. The van der Waals surface area contributed by atoms with E-state index in [9.17, 15) is 0 Å². The summed E-state index contributed by atoms with van der Waals surface area (Å²) >= 11 is 5.92. The highest BCUT2D eigenvalue weighted by Gasteiger charge is 1.89. The SMILES string of the molecule is [CH2]CSCCSCCSCC=C. The van der Waals surface area contributed by atoms with Crippen LogP contribution in [0.4, 0.5) is 0 Å². The van der Waals surface area contributed by atoms with Gasteiger partial charge in [-0.1, -0.05) is 6.08 Å². The van der Waals surface area contributed by atoms with Crippen molar-refractivity contribution in [2.45, 2.75) is 0 Å². The second-order valence-corrected chi connectivity index (χ2v) is 5.69. The van der Waals surface area contributed by atoms with Crippen molar-refractivity contribution < 1.29 is 0 Å². The maximum absolute atomic E-state index is 3.78. The minimum atomic E-state index is 1.01. The third-order valence-electron chi connectivity index (χ3n) is 1.12. The molecule has 71 valence electrons. The van der Waals surface area contributed by atoms with Crippen LogP contribution in [0, 0.1) is 6.92 Å². The molecule has 0 saturated carbocycles. The first-order valence-corrected chi connectivity index (χ1v) is 7.51. The van der Waals surface area contributed by atoms with Gasteiger partial charge in [0.2, 0.25) is 0 Å². The molecule has 0 aliphatic heterocycles. The molecule has 0 bridgehead atoms. The van der Waals surface area contributed by atoms with Crippen LogP contribution in [0.25, 0.3) is 0 Å². The monoisotopic (exact) mass is 221 g/mol. The van der Waals surface area contributed by atoms with E-state index in [0.717, 1.165) is 11.5 Å². The highest BCUT2D eigenvalue weighted by molar-refractivity contribution is 8.04. The molecule has 0 saturated heterocycles. The molecule has 12 heavy (non-hydrogen) atoms. The van der Waals surface area contributed by atoms with Crippen LogP contribution in [0.3, 0.4) is 0 Å². The number of hydrogen-bond acceptors (Lipinski definition) is 3. The Morgan fingerprint density at radius 1 is 0.917 bits per heavy atom. The molecular weight excluding hydrogens is 204 g/mol. The largest absolute Gasteiger partial charge is 0.161 e. The summed E-state index contributed by atoms with van der Waals surface area (Å²) in [5.41, 5.74) is 0. The maximum atomic E-state index is 3.78. The van der Waals surface area contributed by atoms with Gasteiger partial charge in [-0.2, -0.15) is 35.3 Å². The minimum absolute atomic E-state index is 1.01. The van der Waals surface area contributed by atoms with Gasteiger partial charge in [0, 0.05) is 28.8 Å². The number of rotatable bonds is 9. The van der Waals surface area contributed by atoms with Crippen LogP contribution in [-0.2, 0) is 0 Å². The summed E-state index contributed by atoms with van der Waals surface area (Å²) < 4.78 is 0. The molecule has 0 spiro atoms. The van der Waals surface area contributed by atoms with E-state index in [4.69, 9.17) is 0 Å². The standard InChI is InChI=1S/C9H17S3/c1-3-5-11-8-9-12-7-6-10-4-2/h3H,1-2,4-9H2.